The zero-order valence-electron chi connectivity index (χ0n) is 16.9. The van der Waals surface area contributed by atoms with E-state index in [9.17, 15) is 17.6 Å². The number of fused-ring (bicyclic) bond motifs is 1. The molecule has 0 saturated heterocycles. The van der Waals surface area contributed by atoms with Crippen molar-refractivity contribution in [3.63, 3.8) is 0 Å². The molecule has 0 fully saturated rings. The highest BCUT2D eigenvalue weighted by molar-refractivity contribution is 7.89. The highest BCUT2D eigenvalue weighted by atomic mass is 32.2. The number of rotatable bonds is 5. The van der Waals surface area contributed by atoms with E-state index in [1.165, 1.54) is 34.9 Å². The standard InChI is InChI=1S/C21H20FN3O4S2/c1-13-3-6-15(7-4-13)31(27,28)25-10-9-17-19(12-25)30-21(23-17)24-20(26)14-5-8-18(29-2)16(22)11-14/h3-8,11H,9-10,12H2,1-2H3,(H,23,24,26). The van der Waals surface area contributed by atoms with E-state index in [4.69, 9.17) is 4.74 Å². The average molecular weight is 462 g/mol. The molecular formula is C21H20FN3O4S2. The van der Waals surface area contributed by atoms with Crippen molar-refractivity contribution in [1.82, 2.24) is 9.29 Å². The molecule has 0 unspecified atom stereocenters. The number of carbonyl (C=O) groups is 1. The van der Waals surface area contributed by atoms with Gasteiger partial charge in [-0.3, -0.25) is 10.1 Å². The molecule has 10 heteroatoms. The van der Waals surface area contributed by atoms with Crippen LogP contribution in [0.15, 0.2) is 47.4 Å². The van der Waals surface area contributed by atoms with Gasteiger partial charge in [-0.2, -0.15) is 4.31 Å². The molecule has 0 radical (unpaired) electrons. The van der Waals surface area contributed by atoms with Gasteiger partial charge in [-0.25, -0.2) is 17.8 Å². The molecule has 0 atom stereocenters. The molecule has 0 bridgehead atoms. The Morgan fingerprint density at radius 1 is 1.23 bits per heavy atom. The highest BCUT2D eigenvalue weighted by Gasteiger charge is 2.30. The number of methoxy groups -OCH3 is 1. The second-order valence-electron chi connectivity index (χ2n) is 7.09. The normalized spacial score (nSPS) is 14.2. The minimum Gasteiger partial charge on any atom is -0.494 e. The molecule has 1 N–H and O–H groups in total. The van der Waals surface area contributed by atoms with Gasteiger partial charge in [0.2, 0.25) is 10.0 Å². The van der Waals surface area contributed by atoms with Gasteiger partial charge in [0.05, 0.1) is 24.2 Å². The molecular weight excluding hydrogens is 441 g/mol. The molecule has 0 saturated carbocycles. The van der Waals surface area contributed by atoms with E-state index in [2.05, 4.69) is 10.3 Å². The maximum Gasteiger partial charge on any atom is 0.257 e. The van der Waals surface area contributed by atoms with Gasteiger partial charge < -0.3 is 4.74 Å². The summed E-state index contributed by atoms with van der Waals surface area (Å²) >= 11 is 1.22. The lowest BCUT2D eigenvalue weighted by Gasteiger charge is -2.25. The van der Waals surface area contributed by atoms with Crippen LogP contribution in [0.4, 0.5) is 9.52 Å². The Kier molecular flexibility index (Phi) is 5.78. The fraction of sp³-hybridized carbons (Fsp3) is 0.238. The number of aryl methyl sites for hydroxylation is 1. The lowest BCUT2D eigenvalue weighted by Crippen LogP contribution is -2.35. The molecule has 1 aliphatic heterocycles. The summed E-state index contributed by atoms with van der Waals surface area (Å²) in [4.78, 5) is 17.9. The fourth-order valence-corrected chi connectivity index (χ4v) is 5.78. The van der Waals surface area contributed by atoms with E-state index in [0.29, 0.717) is 18.1 Å². The predicted molar refractivity (Wildman–Crippen MR) is 115 cm³/mol. The Labute approximate surface area is 183 Å². The first kappa shape index (κ1) is 21.4. The summed E-state index contributed by atoms with van der Waals surface area (Å²) in [5, 5.41) is 3.01. The number of sulfonamides is 1. The lowest BCUT2D eigenvalue weighted by atomic mass is 10.2. The van der Waals surface area contributed by atoms with Crippen LogP contribution in [0.1, 0.15) is 26.5 Å². The monoisotopic (exact) mass is 461 g/mol. The minimum atomic E-state index is -3.62. The van der Waals surface area contributed by atoms with Crippen LogP contribution < -0.4 is 10.1 Å². The van der Waals surface area contributed by atoms with Crippen LogP contribution in [0, 0.1) is 12.7 Å². The van der Waals surface area contributed by atoms with E-state index < -0.39 is 21.7 Å². The molecule has 1 aromatic heterocycles. The zero-order chi connectivity index (χ0) is 22.2. The number of carbonyl (C=O) groups excluding carboxylic acids is 1. The summed E-state index contributed by atoms with van der Waals surface area (Å²) in [6.07, 6.45) is 0.448. The number of hydrogen-bond acceptors (Lipinski definition) is 6. The van der Waals surface area contributed by atoms with Gasteiger partial charge in [-0.05, 0) is 37.3 Å². The molecule has 2 aromatic carbocycles. The Morgan fingerprint density at radius 3 is 2.65 bits per heavy atom. The summed E-state index contributed by atoms with van der Waals surface area (Å²) in [7, 11) is -2.27. The first-order valence-corrected chi connectivity index (χ1v) is 11.7. The summed E-state index contributed by atoms with van der Waals surface area (Å²) < 4.78 is 46.1. The summed E-state index contributed by atoms with van der Waals surface area (Å²) in [5.41, 5.74) is 1.88. The molecule has 31 heavy (non-hydrogen) atoms. The van der Waals surface area contributed by atoms with Gasteiger partial charge in [0.15, 0.2) is 16.7 Å². The number of halogens is 1. The maximum absolute atomic E-state index is 13.9. The van der Waals surface area contributed by atoms with Gasteiger partial charge in [-0.1, -0.05) is 17.7 Å². The fourth-order valence-electron chi connectivity index (χ4n) is 3.27. The number of benzene rings is 2. The zero-order valence-corrected chi connectivity index (χ0v) is 18.5. The van der Waals surface area contributed by atoms with Crippen LogP contribution in [0.2, 0.25) is 0 Å². The van der Waals surface area contributed by atoms with Crippen LogP contribution >= 0.6 is 11.3 Å². The van der Waals surface area contributed by atoms with E-state index in [1.54, 1.807) is 24.3 Å². The van der Waals surface area contributed by atoms with Crippen LogP contribution in [0.25, 0.3) is 0 Å². The van der Waals surface area contributed by atoms with Crippen molar-refractivity contribution >= 4 is 32.4 Å². The Morgan fingerprint density at radius 2 is 1.97 bits per heavy atom. The van der Waals surface area contributed by atoms with Crippen molar-refractivity contribution in [2.45, 2.75) is 24.8 Å². The number of hydrogen-bond donors (Lipinski definition) is 1. The van der Waals surface area contributed by atoms with Crippen molar-refractivity contribution in [3.8, 4) is 5.75 Å². The van der Waals surface area contributed by atoms with Crippen molar-refractivity contribution in [2.24, 2.45) is 0 Å². The second-order valence-corrected chi connectivity index (χ2v) is 10.1. The molecule has 0 spiro atoms. The number of thiazole rings is 1. The van der Waals surface area contributed by atoms with Crippen molar-refractivity contribution in [3.05, 3.63) is 70.0 Å². The maximum atomic E-state index is 13.9. The quantitative estimate of drug-likeness (QED) is 0.627. The second kappa shape index (κ2) is 8.37. The van der Waals surface area contributed by atoms with Gasteiger partial charge >= 0.3 is 0 Å². The number of amides is 1. The van der Waals surface area contributed by atoms with E-state index in [-0.39, 0.29) is 22.8 Å². The summed E-state index contributed by atoms with van der Waals surface area (Å²) in [6, 6.07) is 10.7. The Bertz CT molecular complexity index is 1240. The molecule has 0 aliphatic carbocycles. The smallest absolute Gasteiger partial charge is 0.257 e. The third-order valence-corrected chi connectivity index (χ3v) is 7.85. The molecule has 1 aliphatic rings. The third kappa shape index (κ3) is 4.32. The number of aromatic nitrogens is 1. The van der Waals surface area contributed by atoms with Gasteiger partial charge in [0.25, 0.3) is 5.91 Å². The van der Waals surface area contributed by atoms with E-state index in [1.807, 2.05) is 6.92 Å². The number of ether oxygens (including phenoxy) is 1. The first-order valence-electron chi connectivity index (χ1n) is 9.48. The molecule has 162 valence electrons. The van der Waals surface area contributed by atoms with Crippen LogP contribution in [-0.4, -0.2) is 37.3 Å². The number of nitrogens with zero attached hydrogens (tertiary/aromatic N) is 2. The SMILES string of the molecule is COc1ccc(C(=O)Nc2nc3c(s2)CN(S(=O)(=O)c2ccc(C)cc2)CC3)cc1F. The molecule has 7 nitrogen and oxygen atoms in total. The van der Waals surface area contributed by atoms with Crippen LogP contribution in [0.5, 0.6) is 5.75 Å². The van der Waals surface area contributed by atoms with Crippen LogP contribution in [0.3, 0.4) is 0 Å². The van der Waals surface area contributed by atoms with Crippen molar-refractivity contribution in [1.29, 1.82) is 0 Å². The van der Waals surface area contributed by atoms with Gasteiger partial charge in [0, 0.05) is 23.4 Å². The van der Waals surface area contributed by atoms with Crippen LogP contribution in [-0.2, 0) is 23.0 Å². The lowest BCUT2D eigenvalue weighted by molar-refractivity contribution is 0.102. The van der Waals surface area contributed by atoms with E-state index in [0.717, 1.165) is 22.2 Å². The van der Waals surface area contributed by atoms with Gasteiger partial charge in [-0.15, -0.1) is 11.3 Å². The van der Waals surface area contributed by atoms with Crippen molar-refractivity contribution in [2.75, 3.05) is 19.0 Å². The Balaban J connectivity index is 1.50. The third-order valence-electron chi connectivity index (χ3n) is 4.99. The molecule has 4 rings (SSSR count). The average Bonchev–Trinajstić information content (AvgIpc) is 3.15. The molecule has 3 aromatic rings. The molecule has 2 heterocycles. The predicted octanol–water partition coefficient (Wildman–Crippen LogP) is 3.60. The minimum absolute atomic E-state index is 0.0520. The highest BCUT2D eigenvalue weighted by Crippen LogP contribution is 2.31. The number of anilines is 1. The summed E-state index contributed by atoms with van der Waals surface area (Å²) in [6.45, 7) is 2.40. The topological polar surface area (TPSA) is 88.6 Å². The van der Waals surface area contributed by atoms with Gasteiger partial charge in [0.1, 0.15) is 0 Å². The number of nitrogens with one attached hydrogen (secondary N) is 1. The summed E-state index contributed by atoms with van der Waals surface area (Å²) in [5.74, 6) is -1.08. The molecule has 1 amide bonds. The largest absolute Gasteiger partial charge is 0.494 e. The first-order chi connectivity index (χ1) is 14.8. The Hall–Kier alpha value is -2.82. The van der Waals surface area contributed by atoms with Crippen molar-refractivity contribution < 1.29 is 22.3 Å². The van der Waals surface area contributed by atoms with E-state index >= 15 is 0 Å².